The number of phenolic OH excluding ortho intramolecular Hbond substituents is 1. The van der Waals surface area contributed by atoms with Crippen molar-refractivity contribution in [2.24, 2.45) is 16.7 Å². The number of hydrogen-bond acceptors (Lipinski definition) is 9. The molecule has 3 aromatic rings. The molecule has 3 heterocycles. The zero-order valence-electron chi connectivity index (χ0n) is 27.1. The van der Waals surface area contributed by atoms with E-state index in [-0.39, 0.29) is 5.75 Å². The van der Waals surface area contributed by atoms with Crippen molar-refractivity contribution in [3.63, 3.8) is 0 Å². The fraction of sp³-hybridized carbons (Fsp3) is 0.562. The lowest BCUT2D eigenvalue weighted by molar-refractivity contribution is -0.193. The molecule has 3 atom stereocenters. The zero-order valence-corrected chi connectivity index (χ0v) is 27.1. The highest BCUT2D eigenvalue weighted by molar-refractivity contribution is 5.74. The van der Waals surface area contributed by atoms with Gasteiger partial charge >= 0.3 is 24.3 Å². The average molecular weight is 714 g/mol. The van der Waals surface area contributed by atoms with E-state index in [1.807, 2.05) is 12.1 Å². The van der Waals surface area contributed by atoms with E-state index >= 15 is 0 Å². The summed E-state index contributed by atoms with van der Waals surface area (Å²) in [5.74, 6) is -3.80. The highest BCUT2D eigenvalue weighted by Crippen LogP contribution is 2.66. The summed E-state index contributed by atoms with van der Waals surface area (Å²) < 4.78 is 63.5. The standard InChI is InChI=1S/C28H35N7O.2C2HF3O2/c1-26-8-18-9-27(2,15-26)17-28(10-18,16-26)32-21-5-6-35(14-21)25-29-13-23(33-34-25)22-4-3-19(7-24(22)36)20-11-30-31-12-20;2*3-2(4,5)1(6)7/h3-4,7,11-13,18,21,32,36H,5-6,8-10,14-17H2,1-2H3,(H,30,31);2*(H,6,7). The van der Waals surface area contributed by atoms with Crippen molar-refractivity contribution in [1.82, 2.24) is 30.7 Å². The van der Waals surface area contributed by atoms with Crippen LogP contribution in [0.3, 0.4) is 0 Å². The van der Waals surface area contributed by atoms with Gasteiger partial charge in [0.2, 0.25) is 5.95 Å². The van der Waals surface area contributed by atoms with Gasteiger partial charge in [0.15, 0.2) is 0 Å². The van der Waals surface area contributed by atoms with Crippen LogP contribution >= 0.6 is 0 Å². The van der Waals surface area contributed by atoms with Gasteiger partial charge in [0, 0.05) is 42.0 Å². The predicted molar refractivity (Wildman–Crippen MR) is 166 cm³/mol. The number of H-pyrrole nitrogens is 1. The molecule has 3 unspecified atom stereocenters. The number of benzene rings is 1. The van der Waals surface area contributed by atoms with Crippen molar-refractivity contribution in [2.45, 2.75) is 82.7 Å². The molecule has 2 aromatic heterocycles. The number of carboxylic acids is 2. The van der Waals surface area contributed by atoms with E-state index in [0.717, 1.165) is 36.6 Å². The van der Waals surface area contributed by atoms with Crippen molar-refractivity contribution < 1.29 is 51.3 Å². The molecule has 18 heteroatoms. The van der Waals surface area contributed by atoms with E-state index < -0.39 is 24.3 Å². The number of carboxylic acid groups (broad SMARTS) is 2. The van der Waals surface area contributed by atoms with Crippen molar-refractivity contribution in [3.8, 4) is 28.1 Å². The molecular formula is C32H37F6N7O5. The maximum absolute atomic E-state index is 10.6. The second-order valence-electron chi connectivity index (χ2n) is 14.5. The first kappa shape index (κ1) is 36.8. The topological polar surface area (TPSA) is 177 Å². The first-order chi connectivity index (χ1) is 23.2. The Morgan fingerprint density at radius 3 is 2.02 bits per heavy atom. The van der Waals surface area contributed by atoms with Gasteiger partial charge in [-0.1, -0.05) is 19.9 Å². The molecule has 12 nitrogen and oxygen atoms in total. The van der Waals surface area contributed by atoms with Crippen molar-refractivity contribution in [2.75, 3.05) is 18.0 Å². The number of hydrogen-bond donors (Lipinski definition) is 5. The molecule has 1 saturated heterocycles. The monoisotopic (exact) mass is 713 g/mol. The molecule has 0 spiro atoms. The second-order valence-corrected chi connectivity index (χ2v) is 14.5. The molecule has 4 aliphatic carbocycles. The summed E-state index contributed by atoms with van der Waals surface area (Å²) in [6.07, 6.45) is 4.47. The Bertz CT molecular complexity index is 1640. The lowest BCUT2D eigenvalue weighted by Gasteiger charge is -2.66. The molecule has 5 N–H and O–H groups in total. The molecular weight excluding hydrogens is 676 g/mol. The van der Waals surface area contributed by atoms with E-state index in [1.165, 1.54) is 38.5 Å². The normalized spacial score (nSPS) is 28.4. The number of aromatic nitrogens is 5. The van der Waals surface area contributed by atoms with Crippen LogP contribution in [0.4, 0.5) is 32.3 Å². The second kappa shape index (κ2) is 13.3. The Kier molecular flexibility index (Phi) is 9.81. The molecule has 4 saturated carbocycles. The Hall–Kier alpha value is -4.48. The minimum atomic E-state index is -5.08. The number of halogens is 6. The van der Waals surface area contributed by atoms with E-state index in [2.05, 4.69) is 49.4 Å². The molecule has 1 aliphatic heterocycles. The van der Waals surface area contributed by atoms with Crippen LogP contribution < -0.4 is 10.2 Å². The van der Waals surface area contributed by atoms with Gasteiger partial charge in [-0.05, 0) is 79.4 Å². The van der Waals surface area contributed by atoms with Gasteiger partial charge in [-0.3, -0.25) is 5.10 Å². The first-order valence-corrected chi connectivity index (χ1v) is 15.8. The average Bonchev–Trinajstić information content (AvgIpc) is 3.68. The zero-order chi connectivity index (χ0) is 36.7. The van der Waals surface area contributed by atoms with E-state index in [9.17, 15) is 31.4 Å². The molecule has 50 heavy (non-hydrogen) atoms. The lowest BCUT2D eigenvalue weighted by atomic mass is 9.42. The van der Waals surface area contributed by atoms with Gasteiger partial charge in [0.1, 0.15) is 11.4 Å². The number of anilines is 1. The van der Waals surface area contributed by atoms with Gasteiger partial charge in [-0.25, -0.2) is 14.6 Å². The highest BCUT2D eigenvalue weighted by Gasteiger charge is 2.60. The first-order valence-electron chi connectivity index (χ1n) is 15.8. The van der Waals surface area contributed by atoms with Gasteiger partial charge in [0.25, 0.3) is 0 Å². The predicted octanol–water partition coefficient (Wildman–Crippen LogP) is 5.82. The molecule has 5 aliphatic rings. The smallest absolute Gasteiger partial charge is 0.490 e. The number of carbonyl (C=O) groups is 2. The van der Waals surface area contributed by atoms with Gasteiger partial charge in [-0.2, -0.15) is 31.4 Å². The van der Waals surface area contributed by atoms with Crippen LogP contribution in [0.2, 0.25) is 0 Å². The van der Waals surface area contributed by atoms with E-state index in [4.69, 9.17) is 19.8 Å². The van der Waals surface area contributed by atoms with Crippen LogP contribution in [0, 0.1) is 16.7 Å². The Morgan fingerprint density at radius 2 is 1.54 bits per heavy atom. The molecule has 1 aromatic carbocycles. The third kappa shape index (κ3) is 8.45. The number of phenols is 1. The Balaban J connectivity index is 0.000000295. The highest BCUT2D eigenvalue weighted by atomic mass is 19.4. The van der Waals surface area contributed by atoms with Gasteiger partial charge in [-0.15, -0.1) is 10.2 Å². The number of rotatable bonds is 5. The molecule has 8 rings (SSSR count). The number of aromatic amines is 1. The minimum absolute atomic E-state index is 0.154. The van der Waals surface area contributed by atoms with Crippen LogP contribution in [0.15, 0.2) is 36.8 Å². The van der Waals surface area contributed by atoms with Gasteiger partial charge in [0.05, 0.1) is 12.4 Å². The summed E-state index contributed by atoms with van der Waals surface area (Å²) in [7, 11) is 0. The van der Waals surface area contributed by atoms with Crippen molar-refractivity contribution in [1.29, 1.82) is 0 Å². The lowest BCUT2D eigenvalue weighted by Crippen LogP contribution is -2.66. The number of aliphatic carboxylic acids is 2. The number of alkyl halides is 6. The van der Waals surface area contributed by atoms with E-state index in [1.54, 1.807) is 24.7 Å². The van der Waals surface area contributed by atoms with Crippen LogP contribution in [0.1, 0.15) is 58.8 Å². The quantitative estimate of drug-likeness (QED) is 0.202. The summed E-state index contributed by atoms with van der Waals surface area (Å²) in [6.45, 7) is 6.94. The maximum Gasteiger partial charge on any atom is 0.490 e. The molecule has 0 radical (unpaired) electrons. The molecule has 4 bridgehead atoms. The number of aromatic hydroxyl groups is 1. The van der Waals surface area contributed by atoms with Crippen LogP contribution in [0.25, 0.3) is 22.4 Å². The molecule has 272 valence electrons. The maximum atomic E-state index is 10.6. The van der Waals surface area contributed by atoms with Crippen LogP contribution in [0.5, 0.6) is 5.75 Å². The number of nitrogens with zero attached hydrogens (tertiary/aromatic N) is 5. The summed E-state index contributed by atoms with van der Waals surface area (Å²) >= 11 is 0. The summed E-state index contributed by atoms with van der Waals surface area (Å²) in [5, 5.41) is 44.7. The van der Waals surface area contributed by atoms with E-state index in [0.29, 0.717) is 39.6 Å². The summed E-state index contributed by atoms with van der Waals surface area (Å²) in [5.41, 5.74) is 4.35. The van der Waals surface area contributed by atoms with Crippen molar-refractivity contribution >= 4 is 17.9 Å². The van der Waals surface area contributed by atoms with Crippen LogP contribution in [-0.4, -0.2) is 89.7 Å². The molecule has 5 fully saturated rings. The molecule has 0 amide bonds. The van der Waals surface area contributed by atoms with Crippen molar-refractivity contribution in [3.05, 3.63) is 36.8 Å². The minimum Gasteiger partial charge on any atom is -0.507 e. The third-order valence-corrected chi connectivity index (χ3v) is 9.75. The Morgan fingerprint density at radius 1 is 0.920 bits per heavy atom. The summed E-state index contributed by atoms with van der Waals surface area (Å²) in [6, 6.07) is 5.98. The van der Waals surface area contributed by atoms with Crippen LogP contribution in [-0.2, 0) is 9.59 Å². The third-order valence-electron chi connectivity index (χ3n) is 9.75. The fourth-order valence-electron chi connectivity index (χ4n) is 8.98. The van der Waals surface area contributed by atoms with Gasteiger partial charge < -0.3 is 25.5 Å². The fourth-order valence-corrected chi connectivity index (χ4v) is 8.98. The summed E-state index contributed by atoms with van der Waals surface area (Å²) in [4.78, 5) is 24.7. The Labute approximate surface area is 282 Å². The largest absolute Gasteiger partial charge is 0.507 e. The number of nitrogens with one attached hydrogen (secondary N) is 2. The SMILES string of the molecule is CC12CC3CC(C)(C1)CC(NC1CCN(c4ncc(-c5ccc(-c6cn[nH]c6)cc5O)nn4)C1)(C3)C2.O=C(O)C(F)(F)F.O=C(O)C(F)(F)F.